The van der Waals surface area contributed by atoms with Crippen molar-refractivity contribution in [2.24, 2.45) is 5.10 Å². The van der Waals surface area contributed by atoms with Gasteiger partial charge in [0.15, 0.2) is 11.5 Å². The van der Waals surface area contributed by atoms with Gasteiger partial charge in [0.2, 0.25) is 0 Å². The van der Waals surface area contributed by atoms with Gasteiger partial charge in [0, 0.05) is 15.6 Å². The van der Waals surface area contributed by atoms with Crippen LogP contribution in [0.3, 0.4) is 0 Å². The number of nitrogens with zero attached hydrogens (tertiary/aromatic N) is 1. The number of hydrogen-bond acceptors (Lipinski definition) is 5. The van der Waals surface area contributed by atoms with Crippen LogP contribution in [-0.4, -0.2) is 24.7 Å². The molecule has 1 amide bonds. The molecule has 0 fully saturated rings. The van der Waals surface area contributed by atoms with Crippen LogP contribution in [0.2, 0.25) is 15.1 Å². The number of hydrazone groups is 1. The summed E-state index contributed by atoms with van der Waals surface area (Å²) >= 11 is 17.8. The van der Waals surface area contributed by atoms with E-state index in [0.717, 1.165) is 0 Å². The van der Waals surface area contributed by atoms with Crippen molar-refractivity contribution in [1.82, 2.24) is 5.43 Å². The number of carbonyl (C=O) groups is 2. The van der Waals surface area contributed by atoms with E-state index < -0.39 is 11.9 Å². The Morgan fingerprint density at radius 3 is 2.47 bits per heavy atom. The molecule has 0 radical (unpaired) electrons. The molecule has 0 aromatic heterocycles. The molecule has 0 aliphatic heterocycles. The normalized spacial score (nSPS) is 10.8. The molecule has 32 heavy (non-hydrogen) atoms. The highest BCUT2D eigenvalue weighted by Gasteiger charge is 2.16. The molecule has 3 rings (SSSR count). The van der Waals surface area contributed by atoms with Gasteiger partial charge in [-0.25, -0.2) is 10.2 Å². The van der Waals surface area contributed by atoms with Crippen LogP contribution < -0.4 is 14.9 Å². The zero-order valence-electron chi connectivity index (χ0n) is 16.8. The van der Waals surface area contributed by atoms with Gasteiger partial charge in [-0.1, -0.05) is 40.9 Å². The maximum Gasteiger partial charge on any atom is 0.345 e. The van der Waals surface area contributed by atoms with Gasteiger partial charge >= 0.3 is 5.97 Å². The highest BCUT2D eigenvalue weighted by Crippen LogP contribution is 2.30. The second kappa shape index (κ2) is 11.0. The van der Waals surface area contributed by atoms with Gasteiger partial charge in [0.05, 0.1) is 23.4 Å². The number of halogens is 3. The molecule has 0 unspecified atom stereocenters. The Morgan fingerprint density at radius 1 is 0.969 bits per heavy atom. The maximum atomic E-state index is 12.5. The van der Waals surface area contributed by atoms with Crippen molar-refractivity contribution in [2.75, 3.05) is 6.61 Å². The molecule has 3 aromatic carbocycles. The summed E-state index contributed by atoms with van der Waals surface area (Å²) in [6.07, 6.45) is 1.44. The first-order valence-electron chi connectivity index (χ1n) is 9.40. The fourth-order valence-electron chi connectivity index (χ4n) is 2.63. The summed E-state index contributed by atoms with van der Waals surface area (Å²) in [6, 6.07) is 15.8. The average molecular weight is 492 g/mol. The van der Waals surface area contributed by atoms with Gasteiger partial charge in [0.25, 0.3) is 5.91 Å². The van der Waals surface area contributed by atoms with E-state index in [-0.39, 0.29) is 16.3 Å². The molecule has 0 spiro atoms. The summed E-state index contributed by atoms with van der Waals surface area (Å²) in [5.74, 6) is -0.513. The van der Waals surface area contributed by atoms with Crippen molar-refractivity contribution in [3.63, 3.8) is 0 Å². The Labute approximate surface area is 199 Å². The van der Waals surface area contributed by atoms with Crippen LogP contribution in [0.1, 0.15) is 33.2 Å². The van der Waals surface area contributed by atoms with E-state index in [1.807, 2.05) is 0 Å². The number of hydrogen-bond donors (Lipinski definition) is 1. The quantitative estimate of drug-likeness (QED) is 0.189. The van der Waals surface area contributed by atoms with Crippen molar-refractivity contribution in [3.05, 3.63) is 92.4 Å². The number of nitrogens with one attached hydrogen (secondary N) is 1. The molecule has 0 atom stereocenters. The van der Waals surface area contributed by atoms with E-state index in [4.69, 9.17) is 44.3 Å². The third-order valence-electron chi connectivity index (χ3n) is 4.09. The van der Waals surface area contributed by atoms with Crippen LogP contribution in [0.5, 0.6) is 11.5 Å². The Kier molecular flexibility index (Phi) is 8.11. The fraction of sp³-hybridized carbons (Fsp3) is 0.0870. The summed E-state index contributed by atoms with van der Waals surface area (Å²) in [4.78, 5) is 24.6. The Hall–Kier alpha value is -3.06. The summed E-state index contributed by atoms with van der Waals surface area (Å²) < 4.78 is 11.0. The van der Waals surface area contributed by atoms with Crippen molar-refractivity contribution in [3.8, 4) is 11.5 Å². The highest BCUT2D eigenvalue weighted by molar-refractivity contribution is 6.36. The van der Waals surface area contributed by atoms with E-state index in [2.05, 4.69) is 10.5 Å². The molecular weight excluding hydrogens is 475 g/mol. The van der Waals surface area contributed by atoms with Crippen molar-refractivity contribution < 1.29 is 19.1 Å². The Morgan fingerprint density at radius 2 is 1.75 bits per heavy atom. The van der Waals surface area contributed by atoms with Crippen LogP contribution in [0, 0.1) is 0 Å². The molecule has 0 bridgehead atoms. The number of rotatable bonds is 7. The molecule has 1 N–H and O–H groups in total. The second-order valence-corrected chi connectivity index (χ2v) is 7.64. The SMILES string of the molecule is CCOc1cc(C=NNC(=O)c2cccc(Cl)c2)ccc1OC(=O)c1ccc(Cl)cc1Cl. The van der Waals surface area contributed by atoms with Gasteiger partial charge in [-0.15, -0.1) is 0 Å². The minimum atomic E-state index is -0.650. The van der Waals surface area contributed by atoms with Crippen molar-refractivity contribution in [1.29, 1.82) is 0 Å². The molecular formula is C23H17Cl3N2O4. The minimum absolute atomic E-state index is 0.174. The lowest BCUT2D eigenvalue weighted by Crippen LogP contribution is -2.17. The molecule has 3 aromatic rings. The Bertz CT molecular complexity index is 1180. The number of carbonyl (C=O) groups excluding carboxylic acids is 2. The lowest BCUT2D eigenvalue weighted by Gasteiger charge is -2.12. The third-order valence-corrected chi connectivity index (χ3v) is 4.87. The molecule has 6 nitrogen and oxygen atoms in total. The molecule has 0 aliphatic rings. The van der Waals surface area contributed by atoms with Gasteiger partial charge < -0.3 is 9.47 Å². The zero-order chi connectivity index (χ0) is 23.1. The van der Waals surface area contributed by atoms with Crippen LogP contribution in [0.25, 0.3) is 0 Å². The van der Waals surface area contributed by atoms with Crippen molar-refractivity contribution >= 4 is 52.9 Å². The number of esters is 1. The van der Waals surface area contributed by atoms with E-state index >= 15 is 0 Å². The highest BCUT2D eigenvalue weighted by atomic mass is 35.5. The van der Waals surface area contributed by atoms with Gasteiger partial charge in [-0.05, 0) is 67.1 Å². The molecule has 164 valence electrons. The lowest BCUT2D eigenvalue weighted by molar-refractivity contribution is 0.0728. The van der Waals surface area contributed by atoms with Gasteiger partial charge in [-0.2, -0.15) is 5.10 Å². The minimum Gasteiger partial charge on any atom is -0.490 e. The fourth-order valence-corrected chi connectivity index (χ4v) is 3.30. The average Bonchev–Trinajstić information content (AvgIpc) is 2.75. The molecule has 0 saturated heterocycles. The molecule has 9 heteroatoms. The predicted octanol–water partition coefficient (Wildman–Crippen LogP) is 6.03. The van der Waals surface area contributed by atoms with Crippen LogP contribution in [-0.2, 0) is 0 Å². The first-order chi connectivity index (χ1) is 15.4. The summed E-state index contributed by atoms with van der Waals surface area (Å²) in [7, 11) is 0. The largest absolute Gasteiger partial charge is 0.490 e. The number of amides is 1. The molecule has 0 saturated carbocycles. The summed E-state index contributed by atoms with van der Waals surface area (Å²) in [6.45, 7) is 2.14. The Balaban J connectivity index is 1.73. The topological polar surface area (TPSA) is 77.0 Å². The molecule has 0 aliphatic carbocycles. The van der Waals surface area contributed by atoms with Crippen LogP contribution >= 0.6 is 34.8 Å². The maximum absolute atomic E-state index is 12.5. The zero-order valence-corrected chi connectivity index (χ0v) is 19.0. The van der Waals surface area contributed by atoms with Gasteiger partial charge in [-0.3, -0.25) is 4.79 Å². The predicted molar refractivity (Wildman–Crippen MR) is 126 cm³/mol. The summed E-state index contributed by atoms with van der Waals surface area (Å²) in [5.41, 5.74) is 3.60. The lowest BCUT2D eigenvalue weighted by atomic mass is 10.2. The first-order valence-corrected chi connectivity index (χ1v) is 10.5. The monoisotopic (exact) mass is 490 g/mol. The van der Waals surface area contributed by atoms with E-state index in [1.165, 1.54) is 24.4 Å². The summed E-state index contributed by atoms with van der Waals surface area (Å²) in [5, 5.41) is 4.99. The van der Waals surface area contributed by atoms with E-state index in [0.29, 0.717) is 33.5 Å². The smallest absolute Gasteiger partial charge is 0.345 e. The van der Waals surface area contributed by atoms with Crippen LogP contribution in [0.15, 0.2) is 65.8 Å². The standard InChI is InChI=1S/C23H17Cl3N2O4/c1-2-31-21-10-14(13-27-28-22(29)15-4-3-5-16(24)11-15)6-9-20(21)32-23(30)18-8-7-17(25)12-19(18)26/h3-13H,2H2,1H3,(H,28,29). The third kappa shape index (κ3) is 6.23. The van der Waals surface area contributed by atoms with Crippen LogP contribution in [0.4, 0.5) is 0 Å². The van der Waals surface area contributed by atoms with E-state index in [9.17, 15) is 9.59 Å². The first kappa shape index (κ1) is 23.6. The molecule has 0 heterocycles. The number of benzene rings is 3. The van der Waals surface area contributed by atoms with Crippen molar-refractivity contribution in [2.45, 2.75) is 6.92 Å². The van der Waals surface area contributed by atoms with E-state index in [1.54, 1.807) is 49.4 Å². The van der Waals surface area contributed by atoms with Gasteiger partial charge in [0.1, 0.15) is 0 Å². The number of ether oxygens (including phenoxy) is 2. The second-order valence-electron chi connectivity index (χ2n) is 6.36.